The van der Waals surface area contributed by atoms with Crippen LogP contribution in [0.3, 0.4) is 0 Å². The van der Waals surface area contributed by atoms with E-state index in [0.29, 0.717) is 27.6 Å². The van der Waals surface area contributed by atoms with Gasteiger partial charge in [0.15, 0.2) is 17.5 Å². The van der Waals surface area contributed by atoms with Crippen LogP contribution in [0.4, 0.5) is 20.0 Å². The minimum Gasteiger partial charge on any atom is -0.483 e. The summed E-state index contributed by atoms with van der Waals surface area (Å²) < 4.78 is 19.9. The van der Waals surface area contributed by atoms with Crippen molar-refractivity contribution in [1.82, 2.24) is 30.1 Å². The van der Waals surface area contributed by atoms with Gasteiger partial charge >= 0.3 is 6.03 Å². The first-order valence-corrected chi connectivity index (χ1v) is 16.4. The average molecular weight is 685 g/mol. The van der Waals surface area contributed by atoms with Crippen molar-refractivity contribution in [3.8, 4) is 5.75 Å². The van der Waals surface area contributed by atoms with E-state index in [1.165, 1.54) is 34.6 Å². The summed E-state index contributed by atoms with van der Waals surface area (Å²) in [6, 6.07) is 15.6. The fourth-order valence-corrected chi connectivity index (χ4v) is 7.19. The predicted octanol–water partition coefficient (Wildman–Crippen LogP) is 3.09. The number of hydrazine groups is 1. The van der Waals surface area contributed by atoms with Crippen molar-refractivity contribution >= 4 is 56.0 Å². The molecule has 4 N–H and O–H groups in total. The number of hydrogen-bond donors (Lipinski definition) is 3. The number of fused-ring (bicyclic) bond motifs is 3. The highest BCUT2D eigenvalue weighted by Gasteiger charge is 2.51. The number of ketones is 1. The third-order valence-electron chi connectivity index (χ3n) is 8.83. The third-order valence-corrected chi connectivity index (χ3v) is 9.68. The lowest BCUT2D eigenvalue weighted by molar-refractivity contribution is -0.157. The molecule has 2 atom stereocenters. The number of hydrogen-bond acceptors (Lipinski definition) is 10. The lowest BCUT2D eigenvalue weighted by atomic mass is 9.99. The van der Waals surface area contributed by atoms with Gasteiger partial charge in [0.2, 0.25) is 11.8 Å². The number of nitrogens with zero attached hydrogens (tertiary/aromatic N) is 5. The molecule has 4 amide bonds. The van der Waals surface area contributed by atoms with Gasteiger partial charge in [0.05, 0.1) is 29.0 Å². The summed E-state index contributed by atoms with van der Waals surface area (Å²) in [5.41, 5.74) is 9.65. The summed E-state index contributed by atoms with van der Waals surface area (Å²) in [6.07, 6.45) is 2.48. The average Bonchev–Trinajstić information content (AvgIpc) is 3.63. The van der Waals surface area contributed by atoms with Crippen molar-refractivity contribution in [2.75, 3.05) is 37.8 Å². The molecular formula is C34H33FN8O5S. The molecule has 15 heteroatoms. The van der Waals surface area contributed by atoms with Crippen LogP contribution in [0.15, 0.2) is 72.9 Å². The number of anilines is 2. The number of nitrogen functional groups attached to an aromatic ring is 1. The van der Waals surface area contributed by atoms with Gasteiger partial charge in [-0.25, -0.2) is 14.2 Å². The van der Waals surface area contributed by atoms with Crippen molar-refractivity contribution in [2.45, 2.75) is 31.7 Å². The summed E-state index contributed by atoms with van der Waals surface area (Å²) >= 11 is 1.37. The maximum absolute atomic E-state index is 14.3. The Hall–Kier alpha value is -5.54. The molecule has 252 valence electrons. The molecule has 0 spiro atoms. The van der Waals surface area contributed by atoms with E-state index in [1.54, 1.807) is 46.3 Å². The van der Waals surface area contributed by atoms with E-state index in [2.05, 4.69) is 15.6 Å². The smallest absolute Gasteiger partial charge is 0.332 e. The lowest BCUT2D eigenvalue weighted by Crippen LogP contribution is -2.65. The van der Waals surface area contributed by atoms with Gasteiger partial charge in [0.1, 0.15) is 23.8 Å². The number of thiazole rings is 1. The maximum Gasteiger partial charge on any atom is 0.332 e. The number of carbonyl (C=O) groups is 4. The first-order chi connectivity index (χ1) is 23.6. The molecule has 0 radical (unpaired) electrons. The Morgan fingerprint density at radius 3 is 2.76 bits per heavy atom. The lowest BCUT2D eigenvalue weighted by Gasteiger charge is -2.45. The van der Waals surface area contributed by atoms with Crippen LogP contribution in [0.1, 0.15) is 16.7 Å². The standard InChI is InChI=1S/C34H33FN8O5S/c1-40(34(47)38-15-20-5-8-23(35)9-6-20)42-18-30(45)43-26(14-21-7-10-27-25(13-21)37-12-11-24(44)19-48-27)32(46)41(17-29(42)43)16-22-3-2-4-28-31(22)39-33(36)49-28/h2-13,26,29,37H,14-19H2,1H3,(H2,36,39)(H,38,47)/b12-11+/t26-,29+/m0/s1. The predicted molar refractivity (Wildman–Crippen MR) is 180 cm³/mol. The quantitative estimate of drug-likeness (QED) is 0.267. The van der Waals surface area contributed by atoms with E-state index < -0.39 is 18.2 Å². The fourth-order valence-electron chi connectivity index (χ4n) is 6.40. The molecule has 3 aliphatic heterocycles. The molecule has 4 heterocycles. The van der Waals surface area contributed by atoms with E-state index in [4.69, 9.17) is 10.5 Å². The van der Waals surface area contributed by atoms with Crippen LogP contribution >= 0.6 is 11.3 Å². The second-order valence-corrected chi connectivity index (χ2v) is 13.1. The Morgan fingerprint density at radius 1 is 1.14 bits per heavy atom. The monoisotopic (exact) mass is 684 g/mol. The Balaban J connectivity index is 1.17. The number of nitrogens with two attached hydrogens (primary N) is 1. The van der Waals surface area contributed by atoms with Crippen LogP contribution in [0.5, 0.6) is 5.75 Å². The number of halogens is 1. The molecule has 0 saturated carbocycles. The summed E-state index contributed by atoms with van der Waals surface area (Å²) in [6.45, 7) is 0.321. The zero-order valence-electron chi connectivity index (χ0n) is 26.5. The van der Waals surface area contributed by atoms with Crippen LogP contribution in [0.2, 0.25) is 0 Å². The van der Waals surface area contributed by atoms with Gasteiger partial charge in [-0.3, -0.25) is 19.4 Å². The van der Waals surface area contributed by atoms with Crippen molar-refractivity contribution in [1.29, 1.82) is 0 Å². The first-order valence-electron chi connectivity index (χ1n) is 15.6. The van der Waals surface area contributed by atoms with Gasteiger partial charge in [-0.1, -0.05) is 41.7 Å². The number of aromatic nitrogens is 1. The molecule has 1 aromatic heterocycles. The Labute approximate surface area is 284 Å². The van der Waals surface area contributed by atoms with Crippen LogP contribution in [-0.2, 0) is 33.9 Å². The normalized spacial score (nSPS) is 19.8. The van der Waals surface area contributed by atoms with Crippen molar-refractivity contribution in [3.63, 3.8) is 0 Å². The summed E-state index contributed by atoms with van der Waals surface area (Å²) in [5.74, 6) is -0.588. The van der Waals surface area contributed by atoms with E-state index in [0.717, 1.165) is 15.8 Å². The zero-order valence-corrected chi connectivity index (χ0v) is 27.3. The van der Waals surface area contributed by atoms with Gasteiger partial charge in [-0.2, -0.15) is 5.01 Å². The SMILES string of the molecule is CN(C(=O)NCc1ccc(F)cc1)N1CC(=O)N2[C@@H](Cc3ccc4c(c3)N/C=C/C(=O)CO4)C(=O)N(Cc3cccc4sc(N)nc34)C[C@@H]21. The van der Waals surface area contributed by atoms with Crippen LogP contribution < -0.4 is 21.1 Å². The zero-order chi connectivity index (χ0) is 34.2. The number of rotatable bonds is 7. The van der Waals surface area contributed by atoms with E-state index in [1.807, 2.05) is 30.3 Å². The highest BCUT2D eigenvalue weighted by molar-refractivity contribution is 7.22. The molecule has 0 aliphatic carbocycles. The Bertz CT molecular complexity index is 1980. The van der Waals surface area contributed by atoms with Gasteiger partial charge in [0.25, 0.3) is 0 Å². The largest absolute Gasteiger partial charge is 0.483 e. The molecule has 49 heavy (non-hydrogen) atoms. The first kappa shape index (κ1) is 32.0. The molecule has 3 aliphatic rings. The molecule has 4 aromatic rings. The van der Waals surface area contributed by atoms with E-state index in [-0.39, 0.29) is 62.6 Å². The molecule has 7 rings (SSSR count). The molecule has 2 fully saturated rings. The van der Waals surface area contributed by atoms with Crippen LogP contribution in [0.25, 0.3) is 10.2 Å². The highest BCUT2D eigenvalue weighted by atomic mass is 32.1. The summed E-state index contributed by atoms with van der Waals surface area (Å²) in [4.78, 5) is 61.0. The molecule has 13 nitrogen and oxygen atoms in total. The van der Waals surface area contributed by atoms with Crippen molar-refractivity contribution in [2.24, 2.45) is 0 Å². The third kappa shape index (κ3) is 6.49. The molecule has 0 bridgehead atoms. The molecular weight excluding hydrogens is 651 g/mol. The van der Waals surface area contributed by atoms with Crippen molar-refractivity contribution in [3.05, 3.63) is 95.4 Å². The number of ether oxygens (including phenoxy) is 1. The highest BCUT2D eigenvalue weighted by Crippen LogP contribution is 2.34. The number of nitrogens with one attached hydrogen (secondary N) is 2. The number of piperazine rings is 1. The topological polar surface area (TPSA) is 153 Å². The fraction of sp³-hybridized carbons (Fsp3) is 0.265. The van der Waals surface area contributed by atoms with Crippen molar-refractivity contribution < 1.29 is 28.3 Å². The number of para-hydroxylation sites is 1. The van der Waals surface area contributed by atoms with Gasteiger partial charge < -0.3 is 30.9 Å². The van der Waals surface area contributed by atoms with Crippen LogP contribution in [-0.4, -0.2) is 87.4 Å². The number of urea groups is 1. The van der Waals surface area contributed by atoms with Gasteiger partial charge in [-0.15, -0.1) is 0 Å². The molecule has 2 saturated heterocycles. The van der Waals surface area contributed by atoms with E-state index >= 15 is 0 Å². The molecule has 0 unspecified atom stereocenters. The van der Waals surface area contributed by atoms with Gasteiger partial charge in [0, 0.05) is 38.8 Å². The second kappa shape index (κ2) is 13.2. The summed E-state index contributed by atoms with van der Waals surface area (Å²) in [5, 5.41) is 9.34. The van der Waals surface area contributed by atoms with E-state index in [9.17, 15) is 23.6 Å². The number of benzene rings is 3. The number of carbonyl (C=O) groups excluding carboxylic acids is 4. The minimum absolute atomic E-state index is 0.0945. The summed E-state index contributed by atoms with van der Waals surface area (Å²) in [7, 11) is 1.57. The van der Waals surface area contributed by atoms with Gasteiger partial charge in [-0.05, 0) is 47.0 Å². The maximum atomic E-state index is 14.3. The second-order valence-electron chi connectivity index (χ2n) is 12.0. The Morgan fingerprint density at radius 2 is 1.94 bits per heavy atom. The molecule has 3 aromatic carbocycles. The number of amides is 4. The van der Waals surface area contributed by atoms with Crippen LogP contribution in [0, 0.1) is 5.82 Å². The minimum atomic E-state index is -0.878. The Kier molecular flexibility index (Phi) is 8.60.